The third-order valence-electron chi connectivity index (χ3n) is 2.60. The molecular weight excluding hydrogens is 186 g/mol. The molecule has 0 aromatic carbocycles. The fraction of sp³-hybridized carbons (Fsp3) is 0.900. The molecular formula is C10H18ClNO. The predicted octanol–water partition coefficient (Wildman–Crippen LogP) is 2.45. The van der Waals surface area contributed by atoms with Gasteiger partial charge in [-0.1, -0.05) is 26.2 Å². The maximum absolute atomic E-state index is 11.2. The molecule has 1 fully saturated rings. The minimum Gasteiger partial charge on any atom is -0.352 e. The molecule has 2 atom stereocenters. The van der Waals surface area contributed by atoms with Gasteiger partial charge in [0.15, 0.2) is 0 Å². The smallest absolute Gasteiger partial charge is 0.219 e. The first-order chi connectivity index (χ1) is 6.24. The lowest BCUT2D eigenvalue weighted by Gasteiger charge is -2.20. The first-order valence-electron chi connectivity index (χ1n) is 5.17. The second-order valence-electron chi connectivity index (χ2n) is 3.68. The van der Waals surface area contributed by atoms with Crippen LogP contribution in [0.1, 0.15) is 45.4 Å². The number of carbonyl (C=O) groups is 1. The van der Waals surface area contributed by atoms with Gasteiger partial charge in [-0.05, 0) is 12.8 Å². The van der Waals surface area contributed by atoms with Crippen LogP contribution in [0.4, 0.5) is 0 Å². The number of halogens is 1. The SMILES string of the molecule is CCC(=O)NC1CCCCCC1Cl. The van der Waals surface area contributed by atoms with Crippen molar-refractivity contribution in [3.63, 3.8) is 0 Å². The van der Waals surface area contributed by atoms with Gasteiger partial charge in [0.1, 0.15) is 0 Å². The maximum Gasteiger partial charge on any atom is 0.219 e. The number of carbonyl (C=O) groups excluding carboxylic acids is 1. The molecule has 0 aliphatic heterocycles. The summed E-state index contributed by atoms with van der Waals surface area (Å²) in [5, 5.41) is 3.12. The molecule has 0 saturated heterocycles. The Morgan fingerprint density at radius 3 is 2.77 bits per heavy atom. The van der Waals surface area contributed by atoms with Gasteiger partial charge in [-0.2, -0.15) is 0 Å². The minimum absolute atomic E-state index is 0.123. The summed E-state index contributed by atoms with van der Waals surface area (Å²) in [7, 11) is 0. The van der Waals surface area contributed by atoms with Gasteiger partial charge in [0.25, 0.3) is 0 Å². The Hall–Kier alpha value is -0.240. The van der Waals surface area contributed by atoms with E-state index in [1.807, 2.05) is 6.92 Å². The normalized spacial score (nSPS) is 29.4. The summed E-state index contributed by atoms with van der Waals surface area (Å²) in [4.78, 5) is 11.2. The van der Waals surface area contributed by atoms with E-state index in [0.717, 1.165) is 12.8 Å². The fourth-order valence-electron chi connectivity index (χ4n) is 1.73. The molecule has 0 bridgehead atoms. The number of hydrogen-bond donors (Lipinski definition) is 1. The first kappa shape index (κ1) is 10.8. The van der Waals surface area contributed by atoms with Gasteiger partial charge in [-0.25, -0.2) is 0 Å². The molecule has 0 radical (unpaired) electrons. The number of alkyl halides is 1. The third-order valence-corrected chi connectivity index (χ3v) is 3.12. The van der Waals surface area contributed by atoms with Crippen LogP contribution in [0.2, 0.25) is 0 Å². The van der Waals surface area contributed by atoms with E-state index in [-0.39, 0.29) is 17.3 Å². The summed E-state index contributed by atoms with van der Waals surface area (Å²) >= 11 is 6.17. The fourth-order valence-corrected chi connectivity index (χ4v) is 2.08. The van der Waals surface area contributed by atoms with E-state index < -0.39 is 0 Å². The van der Waals surface area contributed by atoms with Crippen molar-refractivity contribution in [2.24, 2.45) is 0 Å². The van der Waals surface area contributed by atoms with Crippen LogP contribution < -0.4 is 5.32 Å². The van der Waals surface area contributed by atoms with E-state index in [2.05, 4.69) is 5.32 Å². The molecule has 3 heteroatoms. The van der Waals surface area contributed by atoms with Gasteiger partial charge in [0.05, 0.1) is 5.38 Å². The summed E-state index contributed by atoms with van der Waals surface area (Å²) in [5.74, 6) is 0.123. The number of rotatable bonds is 2. The van der Waals surface area contributed by atoms with Crippen LogP contribution in [0.15, 0.2) is 0 Å². The first-order valence-corrected chi connectivity index (χ1v) is 5.61. The Balaban J connectivity index is 2.40. The average molecular weight is 204 g/mol. The lowest BCUT2D eigenvalue weighted by atomic mass is 10.1. The lowest BCUT2D eigenvalue weighted by Crippen LogP contribution is -2.40. The van der Waals surface area contributed by atoms with Crippen molar-refractivity contribution in [3.05, 3.63) is 0 Å². The van der Waals surface area contributed by atoms with E-state index in [9.17, 15) is 4.79 Å². The van der Waals surface area contributed by atoms with Gasteiger partial charge in [-0.3, -0.25) is 4.79 Å². The monoisotopic (exact) mass is 203 g/mol. The van der Waals surface area contributed by atoms with Crippen LogP contribution in [0.3, 0.4) is 0 Å². The highest BCUT2D eigenvalue weighted by Crippen LogP contribution is 2.22. The van der Waals surface area contributed by atoms with Gasteiger partial charge >= 0.3 is 0 Å². The zero-order valence-corrected chi connectivity index (χ0v) is 8.94. The zero-order chi connectivity index (χ0) is 9.68. The number of hydrogen-bond acceptors (Lipinski definition) is 1. The van der Waals surface area contributed by atoms with E-state index in [1.165, 1.54) is 19.3 Å². The average Bonchev–Trinajstić information content (AvgIpc) is 2.32. The Morgan fingerprint density at radius 1 is 1.38 bits per heavy atom. The second kappa shape index (κ2) is 5.48. The molecule has 13 heavy (non-hydrogen) atoms. The highest BCUT2D eigenvalue weighted by atomic mass is 35.5. The summed E-state index contributed by atoms with van der Waals surface area (Å²) in [6.45, 7) is 1.87. The summed E-state index contributed by atoms with van der Waals surface area (Å²) in [6.07, 6.45) is 6.28. The Kier molecular flexibility index (Phi) is 4.57. The maximum atomic E-state index is 11.2. The summed E-state index contributed by atoms with van der Waals surface area (Å²) in [5.41, 5.74) is 0. The van der Waals surface area contributed by atoms with Gasteiger partial charge in [0, 0.05) is 12.5 Å². The molecule has 1 amide bonds. The lowest BCUT2D eigenvalue weighted by molar-refractivity contribution is -0.121. The standard InChI is InChI=1S/C10H18ClNO/c1-2-10(13)12-9-7-5-3-4-6-8(9)11/h8-9H,2-7H2,1H3,(H,12,13). The predicted molar refractivity (Wildman–Crippen MR) is 54.9 cm³/mol. The van der Waals surface area contributed by atoms with Gasteiger partial charge < -0.3 is 5.32 Å². The molecule has 0 aromatic rings. The van der Waals surface area contributed by atoms with Crippen molar-refractivity contribution in [1.82, 2.24) is 5.32 Å². The molecule has 1 N–H and O–H groups in total. The molecule has 1 aliphatic carbocycles. The van der Waals surface area contributed by atoms with E-state index in [0.29, 0.717) is 6.42 Å². The van der Waals surface area contributed by atoms with Crippen molar-refractivity contribution < 1.29 is 4.79 Å². The van der Waals surface area contributed by atoms with Crippen LogP contribution in [0, 0.1) is 0 Å². The van der Waals surface area contributed by atoms with Crippen LogP contribution in [0.5, 0.6) is 0 Å². The quantitative estimate of drug-likeness (QED) is 0.542. The Labute approximate surface area is 85.0 Å². The molecule has 2 unspecified atom stereocenters. The van der Waals surface area contributed by atoms with Crippen molar-refractivity contribution in [2.45, 2.75) is 56.9 Å². The Morgan fingerprint density at radius 2 is 2.08 bits per heavy atom. The zero-order valence-electron chi connectivity index (χ0n) is 8.18. The molecule has 1 saturated carbocycles. The molecule has 76 valence electrons. The molecule has 1 rings (SSSR count). The molecule has 0 heterocycles. The third kappa shape index (κ3) is 3.55. The van der Waals surface area contributed by atoms with Gasteiger partial charge in [-0.15, -0.1) is 11.6 Å². The number of nitrogens with one attached hydrogen (secondary N) is 1. The van der Waals surface area contributed by atoms with Gasteiger partial charge in [0.2, 0.25) is 5.91 Å². The summed E-state index contributed by atoms with van der Waals surface area (Å²) in [6, 6.07) is 0.205. The summed E-state index contributed by atoms with van der Waals surface area (Å²) < 4.78 is 0. The van der Waals surface area contributed by atoms with E-state index in [4.69, 9.17) is 11.6 Å². The van der Waals surface area contributed by atoms with Crippen LogP contribution in [0.25, 0.3) is 0 Å². The molecule has 2 nitrogen and oxygen atoms in total. The minimum atomic E-state index is 0.123. The highest BCUT2D eigenvalue weighted by molar-refractivity contribution is 6.21. The van der Waals surface area contributed by atoms with E-state index >= 15 is 0 Å². The van der Waals surface area contributed by atoms with Crippen molar-refractivity contribution >= 4 is 17.5 Å². The van der Waals surface area contributed by atoms with Crippen LogP contribution >= 0.6 is 11.6 Å². The second-order valence-corrected chi connectivity index (χ2v) is 4.24. The molecule has 0 aromatic heterocycles. The van der Waals surface area contributed by atoms with Crippen molar-refractivity contribution in [2.75, 3.05) is 0 Å². The largest absolute Gasteiger partial charge is 0.352 e. The number of amides is 1. The Bertz CT molecular complexity index is 172. The molecule has 0 spiro atoms. The molecule has 1 aliphatic rings. The van der Waals surface area contributed by atoms with Crippen LogP contribution in [-0.2, 0) is 4.79 Å². The van der Waals surface area contributed by atoms with Crippen LogP contribution in [-0.4, -0.2) is 17.3 Å². The van der Waals surface area contributed by atoms with Crippen molar-refractivity contribution in [3.8, 4) is 0 Å². The highest BCUT2D eigenvalue weighted by Gasteiger charge is 2.22. The van der Waals surface area contributed by atoms with E-state index in [1.54, 1.807) is 0 Å². The topological polar surface area (TPSA) is 29.1 Å². The van der Waals surface area contributed by atoms with Crippen molar-refractivity contribution in [1.29, 1.82) is 0 Å².